The van der Waals surface area contributed by atoms with Gasteiger partial charge in [0.25, 0.3) is 0 Å². The van der Waals surface area contributed by atoms with Crippen LogP contribution in [-0.2, 0) is 38.6 Å². The molecular weight excluding hydrogens is 468 g/mol. The highest BCUT2D eigenvalue weighted by Crippen LogP contribution is 2.15. The molecule has 1 fully saturated rings. The summed E-state index contributed by atoms with van der Waals surface area (Å²) in [6.07, 6.45) is 2.66. The lowest BCUT2D eigenvalue weighted by Crippen LogP contribution is -2.45. The summed E-state index contributed by atoms with van der Waals surface area (Å²) in [5, 5.41) is 0. The van der Waals surface area contributed by atoms with Crippen LogP contribution in [-0.4, -0.2) is 60.6 Å². The molecule has 0 radical (unpaired) electrons. The summed E-state index contributed by atoms with van der Waals surface area (Å²) < 4.78 is 17.1. The summed E-state index contributed by atoms with van der Waals surface area (Å²) >= 11 is 0. The van der Waals surface area contributed by atoms with Gasteiger partial charge in [0.15, 0.2) is 0 Å². The van der Waals surface area contributed by atoms with Gasteiger partial charge in [-0.3, -0.25) is 14.5 Å². The molecule has 196 valence electrons. The lowest BCUT2D eigenvalue weighted by molar-refractivity contribution is -0.147. The summed E-state index contributed by atoms with van der Waals surface area (Å²) in [5.74, 6) is 1.14. The average Bonchev–Trinajstić information content (AvgIpc) is 3.58. The number of hydrogen-bond acceptors (Lipinski definition) is 6. The maximum atomic E-state index is 13.6. The van der Waals surface area contributed by atoms with Gasteiger partial charge in [-0.05, 0) is 49.4 Å². The fourth-order valence-corrected chi connectivity index (χ4v) is 4.48. The molecule has 2 aromatic carbocycles. The van der Waals surface area contributed by atoms with Crippen molar-refractivity contribution >= 4 is 11.9 Å². The molecule has 1 amide bonds. The Balaban J connectivity index is 1.40. The first-order valence-electron chi connectivity index (χ1n) is 13.0. The predicted octanol–water partition coefficient (Wildman–Crippen LogP) is 4.38. The van der Waals surface area contributed by atoms with Gasteiger partial charge < -0.3 is 18.8 Å². The predicted molar refractivity (Wildman–Crippen MR) is 141 cm³/mol. The van der Waals surface area contributed by atoms with Crippen LogP contribution in [0.15, 0.2) is 77.2 Å². The molecule has 1 atom stereocenters. The number of nitrogens with zero attached hydrogens (tertiary/aromatic N) is 2. The van der Waals surface area contributed by atoms with Crippen LogP contribution >= 0.6 is 0 Å². The summed E-state index contributed by atoms with van der Waals surface area (Å²) in [4.78, 5) is 29.9. The number of ether oxygens (including phenoxy) is 2. The molecule has 1 saturated heterocycles. The smallest absolute Gasteiger partial charge is 0.320 e. The van der Waals surface area contributed by atoms with Gasteiger partial charge in [-0.2, -0.15) is 0 Å². The lowest BCUT2D eigenvalue weighted by Gasteiger charge is -2.28. The number of carbonyl (C=O) groups is 2. The van der Waals surface area contributed by atoms with E-state index in [4.69, 9.17) is 13.9 Å². The molecule has 1 unspecified atom stereocenters. The number of furan rings is 1. The van der Waals surface area contributed by atoms with Crippen LogP contribution in [0.4, 0.5) is 0 Å². The first-order chi connectivity index (χ1) is 18.0. The van der Waals surface area contributed by atoms with Gasteiger partial charge in [-0.1, -0.05) is 60.7 Å². The van der Waals surface area contributed by atoms with Gasteiger partial charge in [0.2, 0.25) is 5.91 Å². The maximum absolute atomic E-state index is 13.6. The van der Waals surface area contributed by atoms with Crippen molar-refractivity contribution in [2.75, 3.05) is 32.8 Å². The fraction of sp³-hybridized carbons (Fsp3) is 0.400. The Labute approximate surface area is 219 Å². The molecular formula is C30H36N2O5. The minimum Gasteiger partial charge on any atom is -0.464 e. The normalized spacial score (nSPS) is 15.1. The Morgan fingerprint density at radius 1 is 0.946 bits per heavy atom. The van der Waals surface area contributed by atoms with E-state index in [9.17, 15) is 9.59 Å². The van der Waals surface area contributed by atoms with Crippen LogP contribution in [0.1, 0.15) is 35.5 Å². The second-order valence-corrected chi connectivity index (χ2v) is 9.51. The van der Waals surface area contributed by atoms with Crippen molar-refractivity contribution in [2.45, 2.75) is 45.4 Å². The van der Waals surface area contributed by atoms with Crippen molar-refractivity contribution in [3.05, 3.63) is 95.4 Å². The van der Waals surface area contributed by atoms with Crippen molar-refractivity contribution in [1.82, 2.24) is 9.80 Å². The van der Waals surface area contributed by atoms with E-state index in [-0.39, 0.29) is 37.7 Å². The molecule has 0 spiro atoms. The summed E-state index contributed by atoms with van der Waals surface area (Å²) in [6, 6.07) is 23.5. The van der Waals surface area contributed by atoms with E-state index in [0.717, 1.165) is 41.9 Å². The first-order valence-corrected chi connectivity index (χ1v) is 13.0. The Bertz CT molecular complexity index is 1110. The van der Waals surface area contributed by atoms with Crippen LogP contribution < -0.4 is 0 Å². The molecule has 4 rings (SSSR count). The molecule has 2 heterocycles. The number of carbonyl (C=O) groups excluding carboxylic acids is 2. The van der Waals surface area contributed by atoms with E-state index in [1.807, 2.05) is 77.4 Å². The zero-order chi connectivity index (χ0) is 25.9. The molecule has 7 heteroatoms. The van der Waals surface area contributed by atoms with Crippen LogP contribution in [0, 0.1) is 6.92 Å². The van der Waals surface area contributed by atoms with Gasteiger partial charge in [0.05, 0.1) is 25.7 Å². The SMILES string of the molecule is Cc1ccc(CN(CCc2ccccc2)C(=O)CN(CC(=O)OCc2ccccc2)CC2CCCO2)o1. The minimum atomic E-state index is -0.354. The maximum Gasteiger partial charge on any atom is 0.320 e. The molecule has 1 aliphatic rings. The molecule has 7 nitrogen and oxygen atoms in total. The molecule has 0 saturated carbocycles. The van der Waals surface area contributed by atoms with Crippen LogP contribution in [0.25, 0.3) is 0 Å². The van der Waals surface area contributed by atoms with Crippen molar-refractivity contribution in [3.8, 4) is 0 Å². The van der Waals surface area contributed by atoms with E-state index in [1.54, 1.807) is 0 Å². The van der Waals surface area contributed by atoms with Gasteiger partial charge in [-0.25, -0.2) is 0 Å². The van der Waals surface area contributed by atoms with Crippen molar-refractivity contribution < 1.29 is 23.5 Å². The Hall–Kier alpha value is -3.42. The quantitative estimate of drug-likeness (QED) is 0.322. The molecule has 0 aliphatic carbocycles. The highest BCUT2D eigenvalue weighted by molar-refractivity contribution is 5.79. The first kappa shape index (κ1) is 26.6. The molecule has 3 aromatic rings. The molecule has 0 bridgehead atoms. The largest absolute Gasteiger partial charge is 0.464 e. The Morgan fingerprint density at radius 2 is 1.68 bits per heavy atom. The highest BCUT2D eigenvalue weighted by Gasteiger charge is 2.25. The van der Waals surface area contributed by atoms with E-state index in [1.165, 1.54) is 0 Å². The topological polar surface area (TPSA) is 72.2 Å². The number of rotatable bonds is 13. The molecule has 1 aromatic heterocycles. The summed E-state index contributed by atoms with van der Waals surface area (Å²) in [6.45, 7) is 4.40. The standard InChI is InChI=1S/C30H36N2O5/c1-24-14-15-28(37-24)20-32(17-16-25-9-4-2-5-10-25)29(33)21-31(19-27-13-8-18-35-27)22-30(34)36-23-26-11-6-3-7-12-26/h2-7,9-12,14-15,27H,8,13,16-23H2,1H3. The molecule has 0 N–H and O–H groups in total. The second kappa shape index (κ2) is 13.8. The Morgan fingerprint density at radius 3 is 2.32 bits per heavy atom. The number of aryl methyl sites for hydroxylation is 1. The van der Waals surface area contributed by atoms with E-state index < -0.39 is 0 Å². The zero-order valence-corrected chi connectivity index (χ0v) is 21.5. The van der Waals surface area contributed by atoms with E-state index in [2.05, 4.69) is 12.1 Å². The minimum absolute atomic E-state index is 0.0141. The van der Waals surface area contributed by atoms with Gasteiger partial charge >= 0.3 is 5.97 Å². The third-order valence-electron chi connectivity index (χ3n) is 6.45. The van der Waals surface area contributed by atoms with Gasteiger partial charge in [0, 0.05) is 19.7 Å². The van der Waals surface area contributed by atoms with Crippen molar-refractivity contribution in [3.63, 3.8) is 0 Å². The average molecular weight is 505 g/mol. The van der Waals surface area contributed by atoms with Crippen molar-refractivity contribution in [2.24, 2.45) is 0 Å². The number of hydrogen-bond donors (Lipinski definition) is 0. The number of amides is 1. The van der Waals surface area contributed by atoms with Gasteiger partial charge in [0.1, 0.15) is 18.1 Å². The van der Waals surface area contributed by atoms with Crippen LogP contribution in [0.2, 0.25) is 0 Å². The monoisotopic (exact) mass is 504 g/mol. The second-order valence-electron chi connectivity index (χ2n) is 9.51. The lowest BCUT2D eigenvalue weighted by atomic mass is 10.1. The Kier molecular flexibility index (Phi) is 9.91. The summed E-state index contributed by atoms with van der Waals surface area (Å²) in [7, 11) is 0. The molecule has 1 aliphatic heterocycles. The zero-order valence-electron chi connectivity index (χ0n) is 21.5. The van der Waals surface area contributed by atoms with E-state index >= 15 is 0 Å². The summed E-state index contributed by atoms with van der Waals surface area (Å²) in [5.41, 5.74) is 2.09. The van der Waals surface area contributed by atoms with Crippen molar-refractivity contribution in [1.29, 1.82) is 0 Å². The third kappa shape index (κ3) is 8.88. The van der Waals surface area contributed by atoms with Gasteiger partial charge in [-0.15, -0.1) is 0 Å². The fourth-order valence-electron chi connectivity index (χ4n) is 4.48. The molecule has 37 heavy (non-hydrogen) atoms. The number of benzene rings is 2. The highest BCUT2D eigenvalue weighted by atomic mass is 16.5. The third-order valence-corrected chi connectivity index (χ3v) is 6.45. The van der Waals surface area contributed by atoms with Crippen LogP contribution in [0.5, 0.6) is 0 Å². The van der Waals surface area contributed by atoms with E-state index in [0.29, 0.717) is 26.2 Å². The number of esters is 1. The van der Waals surface area contributed by atoms with Crippen LogP contribution in [0.3, 0.4) is 0 Å².